The number of hydrogen-bond donors (Lipinski definition) is 2. The van der Waals surface area contributed by atoms with Gasteiger partial charge in [-0.15, -0.1) is 0 Å². The van der Waals surface area contributed by atoms with Crippen molar-refractivity contribution in [3.8, 4) is 0 Å². The number of halogens is 1. The summed E-state index contributed by atoms with van der Waals surface area (Å²) in [6.07, 6.45) is 1.45. The van der Waals surface area contributed by atoms with Gasteiger partial charge in [0, 0.05) is 43.1 Å². The maximum atomic E-state index is 13.3. The number of urea groups is 1. The van der Waals surface area contributed by atoms with E-state index in [9.17, 15) is 18.8 Å². The van der Waals surface area contributed by atoms with Crippen molar-refractivity contribution in [3.63, 3.8) is 0 Å². The maximum Gasteiger partial charge on any atom is 0.321 e. The number of piperazine rings is 1. The smallest absolute Gasteiger partial charge is 0.321 e. The third-order valence-corrected chi connectivity index (χ3v) is 5.04. The predicted molar refractivity (Wildman–Crippen MR) is 116 cm³/mol. The van der Waals surface area contributed by atoms with E-state index in [-0.39, 0.29) is 17.7 Å². The van der Waals surface area contributed by atoms with E-state index in [1.807, 2.05) is 0 Å². The number of hydrogen-bond acceptors (Lipinski definition) is 4. The molecule has 1 aliphatic rings. The molecule has 0 atom stereocenters. The first-order valence-corrected chi connectivity index (χ1v) is 10.1. The second-order valence-corrected chi connectivity index (χ2v) is 7.23. The van der Waals surface area contributed by atoms with E-state index in [2.05, 4.69) is 10.6 Å². The molecule has 1 saturated heterocycles. The fourth-order valence-corrected chi connectivity index (χ4v) is 3.38. The zero-order valence-corrected chi connectivity index (χ0v) is 17.1. The van der Waals surface area contributed by atoms with Crippen molar-refractivity contribution in [2.75, 3.05) is 36.8 Å². The minimum absolute atomic E-state index is 0.202. The fourth-order valence-electron chi connectivity index (χ4n) is 3.38. The highest BCUT2D eigenvalue weighted by atomic mass is 19.1. The molecular formula is C23H21FN4O4. The summed E-state index contributed by atoms with van der Waals surface area (Å²) in [4.78, 5) is 40.7. The van der Waals surface area contributed by atoms with Crippen LogP contribution >= 0.6 is 0 Å². The molecular weight excluding hydrogens is 415 g/mol. The summed E-state index contributed by atoms with van der Waals surface area (Å²) in [6.45, 7) is 1.53. The van der Waals surface area contributed by atoms with Crippen LogP contribution in [0, 0.1) is 5.82 Å². The van der Waals surface area contributed by atoms with E-state index in [1.165, 1.54) is 24.5 Å². The zero-order chi connectivity index (χ0) is 22.5. The zero-order valence-electron chi connectivity index (χ0n) is 17.1. The predicted octanol–water partition coefficient (Wildman–Crippen LogP) is 3.66. The van der Waals surface area contributed by atoms with Crippen molar-refractivity contribution in [2.45, 2.75) is 0 Å². The quantitative estimate of drug-likeness (QED) is 0.653. The van der Waals surface area contributed by atoms with Crippen LogP contribution in [0.4, 0.5) is 20.6 Å². The molecule has 0 unspecified atom stereocenters. The molecule has 1 aliphatic heterocycles. The Hall–Kier alpha value is -4.14. The van der Waals surface area contributed by atoms with Gasteiger partial charge >= 0.3 is 6.03 Å². The maximum absolute atomic E-state index is 13.3. The van der Waals surface area contributed by atoms with Gasteiger partial charge < -0.3 is 24.9 Å². The molecule has 2 N–H and O–H groups in total. The molecule has 3 aromatic rings. The highest BCUT2D eigenvalue weighted by Crippen LogP contribution is 2.16. The van der Waals surface area contributed by atoms with Gasteiger partial charge in [0.05, 0.1) is 6.26 Å². The Bertz CT molecular complexity index is 1120. The largest absolute Gasteiger partial charge is 0.459 e. The Morgan fingerprint density at radius 3 is 2.19 bits per heavy atom. The molecule has 0 saturated carbocycles. The van der Waals surface area contributed by atoms with E-state index in [4.69, 9.17) is 4.42 Å². The Morgan fingerprint density at radius 1 is 0.812 bits per heavy atom. The van der Waals surface area contributed by atoms with Crippen LogP contribution in [0.1, 0.15) is 20.9 Å². The summed E-state index contributed by atoms with van der Waals surface area (Å²) in [5, 5.41) is 5.40. The molecule has 0 aliphatic carbocycles. The highest BCUT2D eigenvalue weighted by Gasteiger charge is 2.26. The lowest BCUT2D eigenvalue weighted by molar-refractivity contribution is 0.0640. The molecule has 4 rings (SSSR count). The van der Waals surface area contributed by atoms with Crippen LogP contribution in [0.2, 0.25) is 0 Å². The van der Waals surface area contributed by atoms with Crippen molar-refractivity contribution >= 4 is 29.2 Å². The number of furan rings is 1. The Balaban J connectivity index is 1.33. The number of benzene rings is 2. The van der Waals surface area contributed by atoms with Gasteiger partial charge in [0.15, 0.2) is 5.76 Å². The molecule has 1 aromatic heterocycles. The minimum Gasteiger partial charge on any atom is -0.459 e. The molecule has 0 bridgehead atoms. The number of carbonyl (C=O) groups excluding carboxylic acids is 3. The highest BCUT2D eigenvalue weighted by molar-refractivity contribution is 6.05. The van der Waals surface area contributed by atoms with Gasteiger partial charge in [-0.1, -0.05) is 12.1 Å². The fraction of sp³-hybridized carbons (Fsp3) is 0.174. The second kappa shape index (κ2) is 9.34. The summed E-state index contributed by atoms with van der Waals surface area (Å²) in [7, 11) is 0. The Morgan fingerprint density at radius 2 is 1.50 bits per heavy atom. The van der Waals surface area contributed by atoms with Gasteiger partial charge in [-0.3, -0.25) is 9.59 Å². The van der Waals surface area contributed by atoms with Gasteiger partial charge in [-0.2, -0.15) is 0 Å². The lowest BCUT2D eigenvalue weighted by atomic mass is 10.2. The number of anilines is 2. The average molecular weight is 436 g/mol. The standard InChI is InChI=1S/C23H21FN4O4/c24-17-5-2-7-19(15-17)25-21(29)16-4-1-6-18(14-16)26-23(31)28-11-9-27(10-12-28)22(30)20-8-3-13-32-20/h1-8,13-15H,9-12H2,(H,25,29)(H,26,31). The summed E-state index contributed by atoms with van der Waals surface area (Å²) in [5.74, 6) is -0.796. The van der Waals surface area contributed by atoms with E-state index in [0.717, 1.165) is 0 Å². The number of rotatable bonds is 4. The molecule has 1 fully saturated rings. The first kappa shape index (κ1) is 21.1. The van der Waals surface area contributed by atoms with Gasteiger partial charge in [-0.25, -0.2) is 9.18 Å². The van der Waals surface area contributed by atoms with Crippen molar-refractivity contribution in [1.82, 2.24) is 9.80 Å². The van der Waals surface area contributed by atoms with Crippen LogP contribution < -0.4 is 10.6 Å². The molecule has 9 heteroatoms. The van der Waals surface area contributed by atoms with E-state index in [1.54, 1.807) is 52.3 Å². The lowest BCUT2D eigenvalue weighted by Crippen LogP contribution is -2.51. The summed E-state index contributed by atoms with van der Waals surface area (Å²) >= 11 is 0. The Kier molecular flexibility index (Phi) is 6.16. The molecule has 8 nitrogen and oxygen atoms in total. The van der Waals surface area contributed by atoms with Crippen molar-refractivity contribution in [2.24, 2.45) is 0 Å². The van der Waals surface area contributed by atoms with Crippen LogP contribution in [-0.4, -0.2) is 53.8 Å². The molecule has 0 spiro atoms. The average Bonchev–Trinajstić information content (AvgIpc) is 3.34. The van der Waals surface area contributed by atoms with Crippen molar-refractivity contribution in [1.29, 1.82) is 0 Å². The van der Waals surface area contributed by atoms with Crippen molar-refractivity contribution < 1.29 is 23.2 Å². The van der Waals surface area contributed by atoms with Crippen molar-refractivity contribution in [3.05, 3.63) is 84.1 Å². The van der Waals surface area contributed by atoms with Crippen LogP contribution in [-0.2, 0) is 0 Å². The van der Waals surface area contributed by atoms with Gasteiger partial charge in [0.25, 0.3) is 11.8 Å². The normalized spacial score (nSPS) is 13.5. The number of carbonyl (C=O) groups is 3. The summed E-state index contributed by atoms with van der Waals surface area (Å²) < 4.78 is 18.5. The first-order chi connectivity index (χ1) is 15.5. The van der Waals surface area contributed by atoms with Gasteiger partial charge in [-0.05, 0) is 48.5 Å². The molecule has 2 aromatic carbocycles. The number of nitrogens with one attached hydrogen (secondary N) is 2. The van der Waals surface area contributed by atoms with Gasteiger partial charge in [0.1, 0.15) is 5.82 Å². The third kappa shape index (κ3) is 4.94. The van der Waals surface area contributed by atoms with E-state index < -0.39 is 11.7 Å². The molecule has 0 radical (unpaired) electrons. The Labute approximate surface area is 183 Å². The number of nitrogens with zero attached hydrogens (tertiary/aromatic N) is 2. The van der Waals surface area contributed by atoms with Gasteiger partial charge in [0.2, 0.25) is 0 Å². The first-order valence-electron chi connectivity index (χ1n) is 10.1. The van der Waals surface area contributed by atoms with Crippen LogP contribution in [0.15, 0.2) is 71.3 Å². The summed E-state index contributed by atoms with van der Waals surface area (Å²) in [5.41, 5.74) is 1.11. The number of amides is 4. The topological polar surface area (TPSA) is 94.9 Å². The lowest BCUT2D eigenvalue weighted by Gasteiger charge is -2.34. The van der Waals surface area contributed by atoms with Crippen LogP contribution in [0.3, 0.4) is 0 Å². The summed E-state index contributed by atoms with van der Waals surface area (Å²) in [6, 6.07) is 15.0. The van der Waals surface area contributed by atoms with E-state index in [0.29, 0.717) is 43.1 Å². The third-order valence-electron chi connectivity index (χ3n) is 5.04. The SMILES string of the molecule is O=C(Nc1cccc(F)c1)c1cccc(NC(=O)N2CCN(C(=O)c3ccco3)CC2)c1. The second-order valence-electron chi connectivity index (χ2n) is 7.23. The van der Waals surface area contributed by atoms with Crippen LogP contribution in [0.5, 0.6) is 0 Å². The molecule has 2 heterocycles. The van der Waals surface area contributed by atoms with E-state index >= 15 is 0 Å². The monoisotopic (exact) mass is 436 g/mol. The molecule has 32 heavy (non-hydrogen) atoms. The molecule has 4 amide bonds. The molecule has 164 valence electrons. The van der Waals surface area contributed by atoms with Crippen LogP contribution in [0.25, 0.3) is 0 Å². The minimum atomic E-state index is -0.449.